The van der Waals surface area contributed by atoms with Crippen molar-refractivity contribution >= 4 is 11.9 Å². The summed E-state index contributed by atoms with van der Waals surface area (Å²) < 4.78 is 5.49. The van der Waals surface area contributed by atoms with Crippen LogP contribution in [0.15, 0.2) is 12.1 Å². The molecular weight excluding hydrogens is 332 g/mol. The van der Waals surface area contributed by atoms with Gasteiger partial charge in [0, 0.05) is 19.6 Å². The summed E-state index contributed by atoms with van der Waals surface area (Å²) in [5.41, 5.74) is 2.20. The molecule has 0 radical (unpaired) electrons. The maximum absolute atomic E-state index is 13.3. The van der Waals surface area contributed by atoms with Crippen molar-refractivity contribution < 1.29 is 19.4 Å². The lowest BCUT2D eigenvalue weighted by Crippen LogP contribution is -2.52. The highest BCUT2D eigenvalue weighted by Crippen LogP contribution is 2.43. The number of aliphatic carboxylic acids is 1. The third kappa shape index (κ3) is 2.58. The Morgan fingerprint density at radius 2 is 1.96 bits per heavy atom. The number of likely N-dealkylation sites (tertiary alicyclic amines) is 2. The summed E-state index contributed by atoms with van der Waals surface area (Å²) in [5.74, 6) is -0.271. The van der Waals surface area contributed by atoms with Gasteiger partial charge in [-0.2, -0.15) is 0 Å². The van der Waals surface area contributed by atoms with Crippen LogP contribution in [0.3, 0.4) is 0 Å². The molecule has 0 spiro atoms. The van der Waals surface area contributed by atoms with E-state index in [1.54, 1.807) is 12.0 Å². The quantitative estimate of drug-likeness (QED) is 0.890. The summed E-state index contributed by atoms with van der Waals surface area (Å²) in [6, 6.07) is 3.95. The summed E-state index contributed by atoms with van der Waals surface area (Å²) >= 11 is 0. The highest BCUT2D eigenvalue weighted by molar-refractivity contribution is 5.98. The lowest BCUT2D eigenvalue weighted by Gasteiger charge is -2.39. The summed E-state index contributed by atoms with van der Waals surface area (Å²) in [6.07, 6.45) is 3.94. The second-order valence-electron chi connectivity index (χ2n) is 8.05. The number of benzene rings is 1. The van der Waals surface area contributed by atoms with Gasteiger partial charge in [0.05, 0.1) is 12.7 Å². The molecule has 1 aromatic rings. The zero-order chi connectivity index (χ0) is 18.5. The number of hydrogen-bond donors (Lipinski definition) is 1. The Morgan fingerprint density at radius 1 is 1.23 bits per heavy atom. The normalized spacial score (nSPS) is 27.9. The smallest absolute Gasteiger partial charge is 0.313 e. The van der Waals surface area contributed by atoms with Crippen LogP contribution in [0.5, 0.6) is 5.75 Å². The van der Waals surface area contributed by atoms with Crippen molar-refractivity contribution in [2.75, 3.05) is 40.3 Å². The van der Waals surface area contributed by atoms with E-state index in [0.29, 0.717) is 24.4 Å². The first-order valence-corrected chi connectivity index (χ1v) is 9.35. The Balaban J connectivity index is 1.65. The highest BCUT2D eigenvalue weighted by atomic mass is 16.5. The van der Waals surface area contributed by atoms with Crippen molar-refractivity contribution in [1.82, 2.24) is 9.80 Å². The van der Waals surface area contributed by atoms with Gasteiger partial charge in [0.25, 0.3) is 5.91 Å². The highest BCUT2D eigenvalue weighted by Gasteiger charge is 2.55. The van der Waals surface area contributed by atoms with Crippen LogP contribution in [0, 0.1) is 11.3 Å². The number of methoxy groups -OCH3 is 1. The van der Waals surface area contributed by atoms with E-state index in [0.717, 1.165) is 32.2 Å². The number of rotatable bonds is 3. The van der Waals surface area contributed by atoms with Crippen molar-refractivity contribution in [1.29, 1.82) is 0 Å². The molecule has 4 rings (SSSR count). The second-order valence-corrected chi connectivity index (χ2v) is 8.05. The van der Waals surface area contributed by atoms with Gasteiger partial charge in [-0.15, -0.1) is 0 Å². The molecular formula is C20H26N2O4. The van der Waals surface area contributed by atoms with Crippen LogP contribution in [-0.2, 0) is 17.6 Å². The average molecular weight is 358 g/mol. The third-order valence-corrected chi connectivity index (χ3v) is 6.46. The van der Waals surface area contributed by atoms with Gasteiger partial charge in [-0.25, -0.2) is 0 Å². The van der Waals surface area contributed by atoms with Crippen LogP contribution >= 0.6 is 0 Å². The topological polar surface area (TPSA) is 70.1 Å². The molecule has 1 N–H and O–H groups in total. The predicted octanol–water partition coefficient (Wildman–Crippen LogP) is 1.66. The Kier molecular flexibility index (Phi) is 4.18. The number of carboxylic acids is 1. The SMILES string of the molecule is COc1cc2c(cc1C(=O)N1C[C@@H]3CCN(C)C[C@]3(C(=O)O)C1)CCC2. The summed E-state index contributed by atoms with van der Waals surface area (Å²) in [7, 11) is 3.54. The first kappa shape index (κ1) is 17.3. The number of aryl methyl sites for hydroxylation is 2. The maximum Gasteiger partial charge on any atom is 0.313 e. The van der Waals surface area contributed by atoms with Crippen molar-refractivity contribution in [3.05, 3.63) is 28.8 Å². The van der Waals surface area contributed by atoms with Gasteiger partial charge < -0.3 is 19.6 Å². The van der Waals surface area contributed by atoms with Crippen LogP contribution in [0.4, 0.5) is 0 Å². The standard InChI is InChI=1S/C20H26N2O4/c1-21-7-6-15-10-22(12-20(15,11-21)19(24)25)18(23)16-8-13-4-3-5-14(13)9-17(16)26-2/h8-9,15H,3-7,10-12H2,1-2H3,(H,24,25)/t15-,20-/m0/s1. The number of hydrogen-bond acceptors (Lipinski definition) is 4. The zero-order valence-corrected chi connectivity index (χ0v) is 15.5. The molecule has 1 aliphatic carbocycles. The first-order chi connectivity index (χ1) is 12.4. The number of carboxylic acid groups (broad SMARTS) is 1. The Morgan fingerprint density at radius 3 is 2.65 bits per heavy atom. The van der Waals surface area contributed by atoms with Crippen molar-refractivity contribution in [2.24, 2.45) is 11.3 Å². The third-order valence-electron chi connectivity index (χ3n) is 6.46. The molecule has 6 heteroatoms. The Labute approximate surface area is 153 Å². The van der Waals surface area contributed by atoms with Crippen molar-refractivity contribution in [3.63, 3.8) is 0 Å². The van der Waals surface area contributed by atoms with E-state index in [2.05, 4.69) is 4.90 Å². The van der Waals surface area contributed by atoms with Gasteiger partial charge in [0.1, 0.15) is 11.2 Å². The van der Waals surface area contributed by atoms with Crippen LogP contribution in [0.1, 0.15) is 34.3 Å². The van der Waals surface area contributed by atoms with Gasteiger partial charge in [0.15, 0.2) is 0 Å². The minimum absolute atomic E-state index is 0.0144. The molecule has 2 aliphatic heterocycles. The van der Waals surface area contributed by atoms with E-state index in [1.807, 2.05) is 19.2 Å². The van der Waals surface area contributed by atoms with Gasteiger partial charge in [-0.05, 0) is 68.5 Å². The van der Waals surface area contributed by atoms with Crippen molar-refractivity contribution in [2.45, 2.75) is 25.7 Å². The molecule has 140 valence electrons. The van der Waals surface area contributed by atoms with Gasteiger partial charge >= 0.3 is 5.97 Å². The summed E-state index contributed by atoms with van der Waals surface area (Å²) in [4.78, 5) is 29.1. The van der Waals surface area contributed by atoms with E-state index in [4.69, 9.17) is 4.74 Å². The number of piperidine rings is 1. The number of carbonyl (C=O) groups excluding carboxylic acids is 1. The number of carbonyl (C=O) groups is 2. The number of ether oxygens (including phenoxy) is 1. The molecule has 6 nitrogen and oxygen atoms in total. The van der Waals surface area contributed by atoms with Crippen LogP contribution in [0.2, 0.25) is 0 Å². The van der Waals surface area contributed by atoms with Crippen LogP contribution in [0.25, 0.3) is 0 Å². The lowest BCUT2D eigenvalue weighted by molar-refractivity contribution is -0.153. The molecule has 3 aliphatic rings. The lowest BCUT2D eigenvalue weighted by atomic mass is 9.73. The summed E-state index contributed by atoms with van der Waals surface area (Å²) in [5, 5.41) is 9.93. The number of fused-ring (bicyclic) bond motifs is 2. The van der Waals surface area contributed by atoms with E-state index in [9.17, 15) is 14.7 Å². The number of amides is 1. The molecule has 1 aromatic carbocycles. The largest absolute Gasteiger partial charge is 0.496 e. The summed E-state index contributed by atoms with van der Waals surface area (Å²) in [6.45, 7) is 2.16. The molecule has 0 saturated carbocycles. The monoisotopic (exact) mass is 358 g/mol. The number of nitrogens with zero attached hydrogens (tertiary/aromatic N) is 2. The van der Waals surface area contributed by atoms with E-state index < -0.39 is 11.4 Å². The minimum Gasteiger partial charge on any atom is -0.496 e. The fourth-order valence-corrected chi connectivity index (χ4v) is 5.03. The fraction of sp³-hybridized carbons (Fsp3) is 0.600. The maximum atomic E-state index is 13.3. The van der Waals surface area contributed by atoms with Gasteiger partial charge in [-0.1, -0.05) is 0 Å². The first-order valence-electron chi connectivity index (χ1n) is 9.35. The fourth-order valence-electron chi connectivity index (χ4n) is 5.03. The van der Waals surface area contributed by atoms with Gasteiger partial charge in [-0.3, -0.25) is 9.59 Å². The van der Waals surface area contributed by atoms with E-state index in [1.165, 1.54) is 11.1 Å². The Hall–Kier alpha value is -2.08. The molecule has 0 bridgehead atoms. The Bertz CT molecular complexity index is 762. The molecule has 0 aromatic heterocycles. The van der Waals surface area contributed by atoms with Crippen LogP contribution in [-0.4, -0.2) is 67.1 Å². The molecule has 2 saturated heterocycles. The van der Waals surface area contributed by atoms with Crippen molar-refractivity contribution in [3.8, 4) is 5.75 Å². The predicted molar refractivity (Wildman–Crippen MR) is 96.6 cm³/mol. The second kappa shape index (κ2) is 6.27. The average Bonchev–Trinajstić information content (AvgIpc) is 3.23. The molecule has 2 fully saturated rings. The molecule has 0 unspecified atom stereocenters. The minimum atomic E-state index is -0.855. The molecule has 26 heavy (non-hydrogen) atoms. The van der Waals surface area contributed by atoms with Gasteiger partial charge in [0.2, 0.25) is 0 Å². The zero-order valence-electron chi connectivity index (χ0n) is 15.5. The van der Waals surface area contributed by atoms with E-state index in [-0.39, 0.29) is 18.4 Å². The van der Waals surface area contributed by atoms with E-state index >= 15 is 0 Å². The molecule has 2 heterocycles. The molecule has 2 atom stereocenters. The van der Waals surface area contributed by atoms with Crippen LogP contribution < -0.4 is 4.74 Å². The molecule has 1 amide bonds.